The maximum Gasteiger partial charge on any atom is 0.165 e. The molecule has 0 saturated carbocycles. The number of methoxy groups -OCH3 is 1. The van der Waals surface area contributed by atoms with Crippen LogP contribution >= 0.6 is 11.6 Å². The van der Waals surface area contributed by atoms with Crippen molar-refractivity contribution in [3.05, 3.63) is 35.0 Å². The Bertz CT molecular complexity index is 567. The summed E-state index contributed by atoms with van der Waals surface area (Å²) >= 11 is 5.95. The number of hydrogen-bond acceptors (Lipinski definition) is 5. The first-order chi connectivity index (χ1) is 9.17. The van der Waals surface area contributed by atoms with Gasteiger partial charge < -0.3 is 10.2 Å². The van der Waals surface area contributed by atoms with Gasteiger partial charge in [0.15, 0.2) is 5.82 Å². The summed E-state index contributed by atoms with van der Waals surface area (Å²) < 4.78 is 5.31. The van der Waals surface area contributed by atoms with Crippen LogP contribution in [0.3, 0.4) is 0 Å². The predicted octanol–water partition coefficient (Wildman–Crippen LogP) is 2.65. The number of halogens is 1. The van der Waals surface area contributed by atoms with E-state index >= 15 is 0 Å². The van der Waals surface area contributed by atoms with Crippen LogP contribution in [0.1, 0.15) is 12.6 Å². The minimum Gasteiger partial charge on any atom is -0.496 e. The zero-order valence-corrected chi connectivity index (χ0v) is 11.5. The number of nitrogens with one attached hydrogen (secondary N) is 1. The van der Waals surface area contributed by atoms with Crippen molar-refractivity contribution >= 4 is 17.4 Å². The van der Waals surface area contributed by atoms with Gasteiger partial charge in [-0.05, 0) is 24.6 Å². The Hall–Kier alpha value is -1.85. The molecule has 0 aliphatic rings. The molecule has 0 spiro atoms. The van der Waals surface area contributed by atoms with E-state index in [-0.39, 0.29) is 0 Å². The molecule has 6 heteroatoms. The quantitative estimate of drug-likeness (QED) is 0.664. The lowest BCUT2D eigenvalue weighted by molar-refractivity contribution is 0.416. The standard InChI is InChI=1S/C13H15ClN4O/c1-3-9-7-12(18-15)17-13(16-9)10-5-4-8(14)6-11(10)19-2/h4-7H,3,15H2,1-2H3,(H,16,17,18). The van der Waals surface area contributed by atoms with Gasteiger partial charge in [0, 0.05) is 16.8 Å². The lowest BCUT2D eigenvalue weighted by Gasteiger charge is -2.10. The third-order valence-corrected chi connectivity index (χ3v) is 2.93. The number of aromatic nitrogens is 2. The Balaban J connectivity index is 2.57. The SMILES string of the molecule is CCc1cc(NN)nc(-c2ccc(Cl)cc2OC)n1. The molecule has 0 unspecified atom stereocenters. The molecular formula is C13H15ClN4O. The summed E-state index contributed by atoms with van der Waals surface area (Å²) in [5.74, 6) is 7.18. The average Bonchev–Trinajstić information content (AvgIpc) is 2.46. The van der Waals surface area contributed by atoms with Crippen molar-refractivity contribution in [1.29, 1.82) is 0 Å². The van der Waals surface area contributed by atoms with E-state index in [9.17, 15) is 0 Å². The largest absolute Gasteiger partial charge is 0.496 e. The van der Waals surface area contributed by atoms with Crippen LogP contribution in [0.4, 0.5) is 5.82 Å². The maximum absolute atomic E-state index is 5.95. The molecule has 5 nitrogen and oxygen atoms in total. The number of ether oxygens (including phenoxy) is 1. The highest BCUT2D eigenvalue weighted by molar-refractivity contribution is 6.30. The van der Waals surface area contributed by atoms with Crippen molar-refractivity contribution < 1.29 is 4.74 Å². The van der Waals surface area contributed by atoms with Gasteiger partial charge in [0.2, 0.25) is 0 Å². The Labute approximate surface area is 116 Å². The molecule has 0 aliphatic heterocycles. The zero-order valence-electron chi connectivity index (χ0n) is 10.8. The second-order valence-electron chi connectivity index (χ2n) is 3.91. The highest BCUT2D eigenvalue weighted by Gasteiger charge is 2.11. The second-order valence-corrected chi connectivity index (χ2v) is 4.35. The van der Waals surface area contributed by atoms with Crippen LogP contribution in [-0.2, 0) is 6.42 Å². The molecule has 1 aromatic carbocycles. The van der Waals surface area contributed by atoms with E-state index in [1.807, 2.05) is 19.1 Å². The Morgan fingerprint density at radius 1 is 1.32 bits per heavy atom. The normalized spacial score (nSPS) is 10.3. The first kappa shape index (κ1) is 13.6. The van der Waals surface area contributed by atoms with E-state index in [0.29, 0.717) is 22.4 Å². The van der Waals surface area contributed by atoms with E-state index in [4.69, 9.17) is 22.2 Å². The molecule has 0 fully saturated rings. The number of rotatable bonds is 4. The molecule has 0 bridgehead atoms. The van der Waals surface area contributed by atoms with Gasteiger partial charge >= 0.3 is 0 Å². The molecular weight excluding hydrogens is 264 g/mol. The molecule has 2 rings (SSSR count). The summed E-state index contributed by atoms with van der Waals surface area (Å²) in [7, 11) is 1.58. The molecule has 3 N–H and O–H groups in total. The Morgan fingerprint density at radius 3 is 2.74 bits per heavy atom. The molecule has 0 saturated heterocycles. The molecule has 1 heterocycles. The number of hydrazine groups is 1. The van der Waals surface area contributed by atoms with Crippen molar-refractivity contribution in [3.63, 3.8) is 0 Å². The third-order valence-electron chi connectivity index (χ3n) is 2.69. The monoisotopic (exact) mass is 278 g/mol. The van der Waals surface area contributed by atoms with Crippen molar-refractivity contribution in [2.75, 3.05) is 12.5 Å². The molecule has 19 heavy (non-hydrogen) atoms. The number of nitrogens with zero attached hydrogens (tertiary/aromatic N) is 2. The summed E-state index contributed by atoms with van der Waals surface area (Å²) in [6, 6.07) is 7.15. The molecule has 0 atom stereocenters. The summed E-state index contributed by atoms with van der Waals surface area (Å²) in [6.45, 7) is 2.02. The van der Waals surface area contributed by atoms with Gasteiger partial charge in [-0.2, -0.15) is 0 Å². The van der Waals surface area contributed by atoms with E-state index in [1.165, 1.54) is 0 Å². The lowest BCUT2D eigenvalue weighted by atomic mass is 10.1. The first-order valence-electron chi connectivity index (χ1n) is 5.86. The summed E-state index contributed by atoms with van der Waals surface area (Å²) in [5, 5.41) is 0.601. The molecule has 1 aromatic heterocycles. The van der Waals surface area contributed by atoms with Crippen LogP contribution in [0.2, 0.25) is 5.02 Å². The average molecular weight is 279 g/mol. The van der Waals surface area contributed by atoms with Gasteiger partial charge in [-0.25, -0.2) is 15.8 Å². The number of nitrogen functional groups attached to an aromatic ring is 1. The number of aryl methyl sites for hydroxylation is 1. The highest BCUT2D eigenvalue weighted by atomic mass is 35.5. The van der Waals surface area contributed by atoms with Crippen LogP contribution in [-0.4, -0.2) is 17.1 Å². The number of anilines is 1. The van der Waals surface area contributed by atoms with Gasteiger partial charge in [-0.15, -0.1) is 0 Å². The van der Waals surface area contributed by atoms with E-state index in [0.717, 1.165) is 17.7 Å². The van der Waals surface area contributed by atoms with Crippen molar-refractivity contribution in [3.8, 4) is 17.1 Å². The number of benzene rings is 1. The first-order valence-corrected chi connectivity index (χ1v) is 6.24. The maximum atomic E-state index is 5.95. The molecule has 2 aromatic rings. The Kier molecular flexibility index (Phi) is 4.19. The predicted molar refractivity (Wildman–Crippen MR) is 76.2 cm³/mol. The smallest absolute Gasteiger partial charge is 0.165 e. The van der Waals surface area contributed by atoms with Crippen LogP contribution < -0.4 is 16.0 Å². The van der Waals surface area contributed by atoms with Crippen LogP contribution in [0.15, 0.2) is 24.3 Å². The van der Waals surface area contributed by atoms with Crippen LogP contribution in [0.5, 0.6) is 5.75 Å². The molecule has 0 radical (unpaired) electrons. The molecule has 0 aliphatic carbocycles. The second kappa shape index (κ2) is 5.86. The minimum atomic E-state index is 0.556. The van der Waals surface area contributed by atoms with E-state index < -0.39 is 0 Å². The molecule has 100 valence electrons. The number of hydrogen-bond donors (Lipinski definition) is 2. The zero-order chi connectivity index (χ0) is 13.8. The summed E-state index contributed by atoms with van der Waals surface area (Å²) in [6.07, 6.45) is 0.792. The lowest BCUT2D eigenvalue weighted by Crippen LogP contribution is -2.10. The Morgan fingerprint density at radius 2 is 2.11 bits per heavy atom. The van der Waals surface area contributed by atoms with Crippen LogP contribution in [0, 0.1) is 0 Å². The summed E-state index contributed by atoms with van der Waals surface area (Å²) in [4.78, 5) is 8.82. The van der Waals surface area contributed by atoms with Crippen molar-refractivity contribution in [2.45, 2.75) is 13.3 Å². The topological polar surface area (TPSA) is 73.1 Å². The van der Waals surface area contributed by atoms with Gasteiger partial charge in [0.25, 0.3) is 0 Å². The van der Waals surface area contributed by atoms with Gasteiger partial charge in [-0.3, -0.25) is 0 Å². The highest BCUT2D eigenvalue weighted by Crippen LogP contribution is 2.30. The van der Waals surface area contributed by atoms with Gasteiger partial charge in [0.05, 0.1) is 12.7 Å². The fraction of sp³-hybridized carbons (Fsp3) is 0.231. The molecule has 0 amide bonds. The minimum absolute atomic E-state index is 0.556. The van der Waals surface area contributed by atoms with Crippen molar-refractivity contribution in [1.82, 2.24) is 9.97 Å². The summed E-state index contributed by atoms with van der Waals surface area (Å²) in [5.41, 5.74) is 4.22. The number of nitrogens with two attached hydrogens (primary N) is 1. The van der Waals surface area contributed by atoms with Crippen LogP contribution in [0.25, 0.3) is 11.4 Å². The van der Waals surface area contributed by atoms with Gasteiger partial charge in [-0.1, -0.05) is 18.5 Å². The third kappa shape index (κ3) is 2.94. The van der Waals surface area contributed by atoms with Gasteiger partial charge in [0.1, 0.15) is 11.6 Å². The van der Waals surface area contributed by atoms with E-state index in [1.54, 1.807) is 19.2 Å². The van der Waals surface area contributed by atoms with Crippen molar-refractivity contribution in [2.24, 2.45) is 5.84 Å². The van der Waals surface area contributed by atoms with E-state index in [2.05, 4.69) is 15.4 Å². The fourth-order valence-corrected chi connectivity index (χ4v) is 1.88. The fourth-order valence-electron chi connectivity index (χ4n) is 1.72.